The highest BCUT2D eigenvalue weighted by Crippen LogP contribution is 2.53. The number of benzene rings is 1. The minimum atomic E-state index is -0.269. The summed E-state index contributed by atoms with van der Waals surface area (Å²) in [5, 5.41) is 3.02. The van der Waals surface area contributed by atoms with Gasteiger partial charge in [0.25, 0.3) is 0 Å². The lowest BCUT2D eigenvalue weighted by Crippen LogP contribution is -2.43. The molecule has 0 radical (unpaired) electrons. The maximum atomic E-state index is 11.9. The average molecular weight is 299 g/mol. The Balaban J connectivity index is 1.33. The first-order valence-corrected chi connectivity index (χ1v) is 8.29. The molecule has 2 saturated carbocycles. The molecule has 0 aromatic heterocycles. The van der Waals surface area contributed by atoms with E-state index in [0.29, 0.717) is 12.0 Å². The first kappa shape index (κ1) is 15.1. The van der Waals surface area contributed by atoms with Crippen molar-refractivity contribution in [2.45, 2.75) is 51.0 Å². The van der Waals surface area contributed by atoms with Crippen molar-refractivity contribution in [3.05, 3.63) is 48.0 Å². The quantitative estimate of drug-likeness (QED) is 0.845. The van der Waals surface area contributed by atoms with E-state index < -0.39 is 0 Å². The topological polar surface area (TPSA) is 38.3 Å². The van der Waals surface area contributed by atoms with Crippen LogP contribution >= 0.6 is 0 Å². The summed E-state index contributed by atoms with van der Waals surface area (Å²) in [4.78, 5) is 11.9. The highest BCUT2D eigenvalue weighted by molar-refractivity contribution is 5.67. The zero-order valence-corrected chi connectivity index (χ0v) is 13.1. The first-order chi connectivity index (χ1) is 10.7. The molecule has 0 atom stereocenters. The van der Waals surface area contributed by atoms with Crippen molar-refractivity contribution in [1.29, 1.82) is 0 Å². The van der Waals surface area contributed by atoms with Gasteiger partial charge >= 0.3 is 6.09 Å². The van der Waals surface area contributed by atoms with Crippen LogP contribution in [-0.4, -0.2) is 18.7 Å². The molecule has 3 nitrogen and oxygen atoms in total. The van der Waals surface area contributed by atoms with Gasteiger partial charge in [-0.25, -0.2) is 4.79 Å². The molecule has 1 aromatic carbocycles. The maximum Gasteiger partial charge on any atom is 0.407 e. The number of alkyl carbamates (subject to hydrolysis) is 1. The fraction of sp³-hybridized carbons (Fsp3) is 0.526. The van der Waals surface area contributed by atoms with E-state index in [0.717, 1.165) is 19.3 Å². The van der Waals surface area contributed by atoms with E-state index in [-0.39, 0.29) is 12.1 Å². The molecule has 0 heterocycles. The number of ether oxygens (including phenoxy) is 1. The minimum absolute atomic E-state index is 0.269. The number of hydrogen-bond donors (Lipinski definition) is 1. The fourth-order valence-corrected chi connectivity index (χ4v) is 3.85. The largest absolute Gasteiger partial charge is 0.449 e. The van der Waals surface area contributed by atoms with E-state index >= 15 is 0 Å². The first-order valence-electron chi connectivity index (χ1n) is 8.29. The van der Waals surface area contributed by atoms with E-state index in [2.05, 4.69) is 11.9 Å². The molecule has 1 spiro atoms. The van der Waals surface area contributed by atoms with Gasteiger partial charge in [0.1, 0.15) is 0 Å². The molecule has 118 valence electrons. The number of allylic oxidation sites excluding steroid dienone is 1. The molecule has 0 aliphatic heterocycles. The Kier molecular flexibility index (Phi) is 4.51. The standard InChI is InChI=1S/C19H25NO2/c1-15-13-19(14-15)10-7-17(8-11-19)20-18(21)22-12-9-16-5-3-2-4-6-16/h2-6,17H,1,7-14H2,(H,20,21). The SMILES string of the molecule is C=C1CC2(CCC(NC(=O)OCCc3ccccc3)CC2)C1. The van der Waals surface area contributed by atoms with Crippen LogP contribution in [0.2, 0.25) is 0 Å². The zero-order chi connectivity index (χ0) is 15.4. The third-order valence-electron chi connectivity index (χ3n) is 5.08. The van der Waals surface area contributed by atoms with Crippen LogP contribution in [0.4, 0.5) is 4.79 Å². The summed E-state index contributed by atoms with van der Waals surface area (Å²) in [6, 6.07) is 10.4. The van der Waals surface area contributed by atoms with Gasteiger partial charge in [-0.2, -0.15) is 0 Å². The Labute approximate surface area is 132 Å². The molecule has 0 bridgehead atoms. The summed E-state index contributed by atoms with van der Waals surface area (Å²) in [5.41, 5.74) is 3.11. The Hall–Kier alpha value is -1.77. The van der Waals surface area contributed by atoms with E-state index in [1.165, 1.54) is 36.8 Å². The van der Waals surface area contributed by atoms with Crippen LogP contribution in [0.25, 0.3) is 0 Å². The number of hydrogen-bond acceptors (Lipinski definition) is 2. The van der Waals surface area contributed by atoms with Crippen molar-refractivity contribution >= 4 is 6.09 Å². The molecule has 3 heteroatoms. The molecule has 2 aliphatic rings. The molecule has 22 heavy (non-hydrogen) atoms. The van der Waals surface area contributed by atoms with Gasteiger partial charge in [0.15, 0.2) is 0 Å². The molecule has 0 saturated heterocycles. The molecule has 1 aromatic rings. The summed E-state index contributed by atoms with van der Waals surface area (Å²) in [6.45, 7) is 4.48. The van der Waals surface area contributed by atoms with E-state index in [4.69, 9.17) is 4.74 Å². The monoisotopic (exact) mass is 299 g/mol. The van der Waals surface area contributed by atoms with Crippen LogP contribution < -0.4 is 5.32 Å². The Morgan fingerprint density at radius 3 is 2.55 bits per heavy atom. The fourth-order valence-electron chi connectivity index (χ4n) is 3.85. The van der Waals surface area contributed by atoms with Gasteiger partial charge in [-0.3, -0.25) is 0 Å². The van der Waals surface area contributed by atoms with Crippen molar-refractivity contribution in [2.24, 2.45) is 5.41 Å². The lowest BCUT2D eigenvalue weighted by atomic mass is 9.58. The summed E-state index contributed by atoms with van der Waals surface area (Å²) >= 11 is 0. The molecular formula is C19H25NO2. The van der Waals surface area contributed by atoms with E-state index in [1.807, 2.05) is 30.3 Å². The predicted molar refractivity (Wildman–Crippen MR) is 87.7 cm³/mol. The maximum absolute atomic E-state index is 11.9. The van der Waals surface area contributed by atoms with Crippen LogP contribution in [0.5, 0.6) is 0 Å². The van der Waals surface area contributed by atoms with Gasteiger partial charge in [0.05, 0.1) is 6.61 Å². The smallest absolute Gasteiger partial charge is 0.407 e. The third-order valence-corrected chi connectivity index (χ3v) is 5.08. The third kappa shape index (κ3) is 3.70. The minimum Gasteiger partial charge on any atom is -0.449 e. The second-order valence-corrected chi connectivity index (χ2v) is 6.89. The molecule has 1 N–H and O–H groups in total. The number of nitrogens with one attached hydrogen (secondary N) is 1. The van der Waals surface area contributed by atoms with Crippen LogP contribution in [0.15, 0.2) is 42.5 Å². The molecule has 3 rings (SSSR count). The van der Waals surface area contributed by atoms with E-state index in [9.17, 15) is 4.79 Å². The highest BCUT2D eigenvalue weighted by Gasteiger charge is 2.42. The van der Waals surface area contributed by atoms with Crippen LogP contribution in [0.1, 0.15) is 44.1 Å². The Morgan fingerprint density at radius 2 is 1.91 bits per heavy atom. The lowest BCUT2D eigenvalue weighted by Gasteiger charge is -2.48. The molecule has 2 aliphatic carbocycles. The predicted octanol–water partition coefficient (Wildman–Crippen LogP) is 4.23. The molecule has 1 amide bonds. The van der Waals surface area contributed by atoms with Crippen molar-refractivity contribution in [3.63, 3.8) is 0 Å². The van der Waals surface area contributed by atoms with Gasteiger partial charge in [-0.15, -0.1) is 0 Å². The normalized spacial score (nSPS) is 20.5. The summed E-state index contributed by atoms with van der Waals surface area (Å²) < 4.78 is 5.29. The van der Waals surface area contributed by atoms with Crippen LogP contribution in [-0.2, 0) is 11.2 Å². The van der Waals surface area contributed by atoms with Gasteiger partial charge < -0.3 is 10.1 Å². The average Bonchev–Trinajstić information content (AvgIpc) is 2.49. The lowest BCUT2D eigenvalue weighted by molar-refractivity contribution is 0.102. The van der Waals surface area contributed by atoms with Crippen LogP contribution in [0, 0.1) is 5.41 Å². The number of rotatable bonds is 4. The number of amides is 1. The zero-order valence-electron chi connectivity index (χ0n) is 13.1. The van der Waals surface area contributed by atoms with Crippen molar-refractivity contribution < 1.29 is 9.53 Å². The summed E-state index contributed by atoms with van der Waals surface area (Å²) in [7, 11) is 0. The molecule has 0 unspecified atom stereocenters. The number of carbonyl (C=O) groups excluding carboxylic acids is 1. The number of carbonyl (C=O) groups is 1. The van der Waals surface area contributed by atoms with Gasteiger partial charge in [-0.1, -0.05) is 42.5 Å². The second kappa shape index (κ2) is 6.55. The Morgan fingerprint density at radius 1 is 1.23 bits per heavy atom. The van der Waals surface area contributed by atoms with Crippen molar-refractivity contribution in [1.82, 2.24) is 5.32 Å². The molecule has 2 fully saturated rings. The summed E-state index contributed by atoms with van der Waals surface area (Å²) in [5.74, 6) is 0. The van der Waals surface area contributed by atoms with Gasteiger partial charge in [0.2, 0.25) is 0 Å². The second-order valence-electron chi connectivity index (χ2n) is 6.89. The molecular weight excluding hydrogens is 274 g/mol. The van der Waals surface area contributed by atoms with E-state index in [1.54, 1.807) is 0 Å². The highest BCUT2D eigenvalue weighted by atomic mass is 16.5. The van der Waals surface area contributed by atoms with Crippen LogP contribution in [0.3, 0.4) is 0 Å². The Bertz CT molecular complexity index is 520. The van der Waals surface area contributed by atoms with Gasteiger partial charge in [0, 0.05) is 12.5 Å². The van der Waals surface area contributed by atoms with Crippen molar-refractivity contribution in [2.75, 3.05) is 6.61 Å². The van der Waals surface area contributed by atoms with Crippen molar-refractivity contribution in [3.8, 4) is 0 Å². The summed E-state index contributed by atoms with van der Waals surface area (Å²) in [6.07, 6.45) is 7.45. The van der Waals surface area contributed by atoms with Gasteiger partial charge in [-0.05, 0) is 49.5 Å².